The number of esters is 1. The van der Waals surface area contributed by atoms with Gasteiger partial charge < -0.3 is 9.84 Å². The fourth-order valence-corrected chi connectivity index (χ4v) is 1.22. The van der Waals surface area contributed by atoms with E-state index in [4.69, 9.17) is 0 Å². The lowest BCUT2D eigenvalue weighted by atomic mass is 10.1. The zero-order valence-corrected chi connectivity index (χ0v) is 9.32. The van der Waals surface area contributed by atoms with Gasteiger partial charge in [0.2, 0.25) is 0 Å². The van der Waals surface area contributed by atoms with E-state index in [1.807, 2.05) is 0 Å². The van der Waals surface area contributed by atoms with Gasteiger partial charge in [-0.2, -0.15) is 0 Å². The SMILES string of the molecule is COC(=O)/C=C/C(=O)c1cccc(O)c1[N+](=O)[O-]. The van der Waals surface area contributed by atoms with E-state index >= 15 is 0 Å². The van der Waals surface area contributed by atoms with Gasteiger partial charge in [-0.1, -0.05) is 6.07 Å². The van der Waals surface area contributed by atoms with E-state index in [2.05, 4.69) is 4.74 Å². The number of carbonyl (C=O) groups is 2. The van der Waals surface area contributed by atoms with Crippen molar-refractivity contribution in [2.24, 2.45) is 0 Å². The number of rotatable bonds is 4. The number of hydrogen-bond acceptors (Lipinski definition) is 6. The summed E-state index contributed by atoms with van der Waals surface area (Å²) in [6.07, 6.45) is 1.68. The fourth-order valence-electron chi connectivity index (χ4n) is 1.22. The number of ketones is 1. The minimum Gasteiger partial charge on any atom is -0.502 e. The first-order valence-electron chi connectivity index (χ1n) is 4.74. The Labute approximate surface area is 101 Å². The van der Waals surface area contributed by atoms with Crippen molar-refractivity contribution in [1.82, 2.24) is 0 Å². The van der Waals surface area contributed by atoms with E-state index in [1.165, 1.54) is 12.1 Å². The Kier molecular flexibility index (Phi) is 4.14. The fraction of sp³-hybridized carbons (Fsp3) is 0.0909. The normalized spacial score (nSPS) is 10.3. The maximum Gasteiger partial charge on any atom is 0.330 e. The van der Waals surface area contributed by atoms with Crippen LogP contribution in [-0.2, 0) is 9.53 Å². The summed E-state index contributed by atoms with van der Waals surface area (Å²) in [5.74, 6) is -2.15. The standard InChI is InChI=1S/C11H9NO6/c1-18-10(15)6-5-8(13)7-3-2-4-9(14)11(7)12(16)17/h2-6,14H,1H3/b6-5+. The maximum atomic E-state index is 11.6. The van der Waals surface area contributed by atoms with E-state index in [1.54, 1.807) is 0 Å². The van der Waals surface area contributed by atoms with Gasteiger partial charge in [-0.3, -0.25) is 14.9 Å². The van der Waals surface area contributed by atoms with Crippen LogP contribution >= 0.6 is 0 Å². The molecule has 94 valence electrons. The number of methoxy groups -OCH3 is 1. The molecule has 0 radical (unpaired) electrons. The van der Waals surface area contributed by atoms with Crippen LogP contribution < -0.4 is 0 Å². The zero-order valence-electron chi connectivity index (χ0n) is 9.32. The molecule has 0 heterocycles. The maximum absolute atomic E-state index is 11.6. The van der Waals surface area contributed by atoms with Gasteiger partial charge in [-0.15, -0.1) is 0 Å². The number of allylic oxidation sites excluding steroid dienone is 1. The van der Waals surface area contributed by atoms with Crippen LogP contribution in [0, 0.1) is 10.1 Å². The molecule has 1 N–H and O–H groups in total. The summed E-state index contributed by atoms with van der Waals surface area (Å²) in [6, 6.07) is 3.57. The molecule has 0 unspecified atom stereocenters. The molecule has 0 aliphatic heterocycles. The molecule has 1 aromatic carbocycles. The summed E-state index contributed by atoms with van der Waals surface area (Å²) >= 11 is 0. The largest absolute Gasteiger partial charge is 0.502 e. The lowest BCUT2D eigenvalue weighted by Crippen LogP contribution is -2.03. The lowest BCUT2D eigenvalue weighted by molar-refractivity contribution is -0.386. The minimum absolute atomic E-state index is 0.305. The molecule has 0 bridgehead atoms. The molecular formula is C11H9NO6. The number of para-hydroxylation sites is 1. The molecule has 0 saturated carbocycles. The molecule has 0 fully saturated rings. The molecule has 0 aromatic heterocycles. The summed E-state index contributed by atoms with van der Waals surface area (Å²) < 4.78 is 4.28. The predicted molar refractivity (Wildman–Crippen MR) is 60.2 cm³/mol. The number of hydrogen-bond donors (Lipinski definition) is 1. The van der Waals surface area contributed by atoms with Crippen LogP contribution in [0.4, 0.5) is 5.69 Å². The highest BCUT2D eigenvalue weighted by Crippen LogP contribution is 2.29. The van der Waals surface area contributed by atoms with Crippen LogP contribution in [0.3, 0.4) is 0 Å². The monoisotopic (exact) mass is 251 g/mol. The molecule has 7 heteroatoms. The summed E-state index contributed by atoms with van der Waals surface area (Å²) in [6.45, 7) is 0. The van der Waals surface area contributed by atoms with Crippen molar-refractivity contribution in [3.8, 4) is 5.75 Å². The Balaban J connectivity index is 3.14. The van der Waals surface area contributed by atoms with E-state index < -0.39 is 28.1 Å². The minimum atomic E-state index is -0.867. The van der Waals surface area contributed by atoms with Gasteiger partial charge in [0.1, 0.15) is 5.56 Å². The van der Waals surface area contributed by atoms with Gasteiger partial charge >= 0.3 is 11.7 Å². The number of phenols is 1. The second kappa shape index (κ2) is 5.58. The zero-order chi connectivity index (χ0) is 13.7. The highest BCUT2D eigenvalue weighted by atomic mass is 16.6. The Hall–Kier alpha value is -2.70. The summed E-state index contributed by atoms with van der Waals surface area (Å²) in [5, 5.41) is 20.0. The van der Waals surface area contributed by atoms with Crippen LogP contribution in [-0.4, -0.2) is 28.9 Å². The molecule has 1 aromatic rings. The molecule has 7 nitrogen and oxygen atoms in total. The van der Waals surface area contributed by atoms with Crippen LogP contribution in [0.5, 0.6) is 5.75 Å². The van der Waals surface area contributed by atoms with Crippen LogP contribution in [0.2, 0.25) is 0 Å². The number of nitro benzene ring substituents is 1. The van der Waals surface area contributed by atoms with Crippen molar-refractivity contribution in [3.63, 3.8) is 0 Å². The van der Waals surface area contributed by atoms with Crippen molar-refractivity contribution in [2.75, 3.05) is 7.11 Å². The third-order valence-electron chi connectivity index (χ3n) is 2.03. The molecule has 1 rings (SSSR count). The van der Waals surface area contributed by atoms with E-state index in [9.17, 15) is 24.8 Å². The number of carbonyl (C=O) groups excluding carboxylic acids is 2. The summed E-state index contributed by atoms with van der Waals surface area (Å²) in [4.78, 5) is 32.3. The molecule has 0 amide bonds. The highest BCUT2D eigenvalue weighted by Gasteiger charge is 2.22. The van der Waals surface area contributed by atoms with Crippen molar-refractivity contribution in [3.05, 3.63) is 46.0 Å². The predicted octanol–water partition coefficient (Wildman–Crippen LogP) is 1.21. The second-order valence-electron chi connectivity index (χ2n) is 3.15. The van der Waals surface area contributed by atoms with Crippen LogP contribution in [0.25, 0.3) is 0 Å². The number of nitrogens with zero attached hydrogens (tertiary/aromatic N) is 1. The van der Waals surface area contributed by atoms with Gasteiger partial charge in [0, 0.05) is 6.08 Å². The molecule has 0 saturated heterocycles. The molecule has 0 spiro atoms. The second-order valence-corrected chi connectivity index (χ2v) is 3.15. The summed E-state index contributed by atoms with van der Waals surface area (Å²) in [7, 11) is 1.13. The molecular weight excluding hydrogens is 242 g/mol. The Morgan fingerprint density at radius 1 is 1.39 bits per heavy atom. The molecule has 0 aliphatic carbocycles. The first-order chi connectivity index (χ1) is 8.47. The number of phenolic OH excluding ortho intramolecular Hbond substituents is 1. The van der Waals surface area contributed by atoms with Gasteiger partial charge in [0.05, 0.1) is 12.0 Å². The lowest BCUT2D eigenvalue weighted by Gasteiger charge is -2.00. The van der Waals surface area contributed by atoms with Crippen LogP contribution in [0.1, 0.15) is 10.4 Å². The van der Waals surface area contributed by atoms with Gasteiger partial charge in [0.25, 0.3) is 0 Å². The molecule has 0 aliphatic rings. The van der Waals surface area contributed by atoms with Gasteiger partial charge in [-0.25, -0.2) is 4.79 Å². The first-order valence-corrected chi connectivity index (χ1v) is 4.74. The van der Waals surface area contributed by atoms with Crippen molar-refractivity contribution in [2.45, 2.75) is 0 Å². The molecule has 0 atom stereocenters. The third-order valence-corrected chi connectivity index (χ3v) is 2.03. The third kappa shape index (κ3) is 2.91. The summed E-state index contributed by atoms with van der Waals surface area (Å²) in [5.41, 5.74) is -1.00. The van der Waals surface area contributed by atoms with Crippen LogP contribution in [0.15, 0.2) is 30.4 Å². The van der Waals surface area contributed by atoms with Gasteiger partial charge in [0.15, 0.2) is 11.5 Å². The quantitative estimate of drug-likeness (QED) is 0.283. The average Bonchev–Trinajstić information content (AvgIpc) is 2.34. The van der Waals surface area contributed by atoms with E-state index in [0.717, 1.165) is 25.3 Å². The van der Waals surface area contributed by atoms with Gasteiger partial charge in [-0.05, 0) is 18.2 Å². The number of benzene rings is 1. The Morgan fingerprint density at radius 3 is 2.61 bits per heavy atom. The smallest absolute Gasteiger partial charge is 0.330 e. The van der Waals surface area contributed by atoms with E-state index in [-0.39, 0.29) is 5.56 Å². The Morgan fingerprint density at radius 2 is 2.06 bits per heavy atom. The first kappa shape index (κ1) is 13.4. The number of nitro groups is 1. The number of aromatic hydroxyl groups is 1. The topological polar surface area (TPSA) is 107 Å². The Bertz CT molecular complexity index is 534. The van der Waals surface area contributed by atoms with Crippen molar-refractivity contribution < 1.29 is 24.4 Å². The average molecular weight is 251 g/mol. The highest BCUT2D eigenvalue weighted by molar-refractivity contribution is 6.10. The van der Waals surface area contributed by atoms with E-state index in [0.29, 0.717) is 0 Å². The van der Waals surface area contributed by atoms with Crippen molar-refractivity contribution in [1.29, 1.82) is 0 Å². The number of ether oxygens (including phenoxy) is 1. The molecule has 18 heavy (non-hydrogen) atoms. The van der Waals surface area contributed by atoms with Crippen molar-refractivity contribution >= 4 is 17.4 Å².